The normalized spacial score (nSPS) is 15.2. The number of ether oxygens (including phenoxy) is 1. The van der Waals surface area contributed by atoms with Crippen LogP contribution in [0.15, 0.2) is 24.3 Å². The van der Waals surface area contributed by atoms with Gasteiger partial charge in [0.1, 0.15) is 0 Å². The number of carbonyl (C=O) groups is 2. The van der Waals surface area contributed by atoms with Gasteiger partial charge >= 0.3 is 0 Å². The Kier molecular flexibility index (Phi) is 6.83. The number of carbonyl (C=O) groups excluding carboxylic acids is 2. The first-order chi connectivity index (χ1) is 11.1. The maximum atomic E-state index is 12.1. The minimum absolute atomic E-state index is 0.0187. The number of para-hydroxylation sites is 1. The third-order valence-electron chi connectivity index (χ3n) is 3.72. The van der Waals surface area contributed by atoms with Crippen molar-refractivity contribution in [3.8, 4) is 0 Å². The summed E-state index contributed by atoms with van der Waals surface area (Å²) < 4.78 is 5.30. The minimum atomic E-state index is -0.254. The predicted octanol–water partition coefficient (Wildman–Crippen LogP) is 1.46. The van der Waals surface area contributed by atoms with Crippen LogP contribution in [-0.2, 0) is 14.3 Å². The minimum Gasteiger partial charge on any atom is -0.379 e. The van der Waals surface area contributed by atoms with Crippen LogP contribution in [0, 0.1) is 0 Å². The van der Waals surface area contributed by atoms with Crippen molar-refractivity contribution in [2.75, 3.05) is 51.3 Å². The first kappa shape index (κ1) is 17.7. The number of anilines is 1. The number of hydrogen-bond donors (Lipinski definition) is 1. The number of nitrogens with zero attached hydrogens (tertiary/aromatic N) is 2. The number of halogens is 1. The van der Waals surface area contributed by atoms with Gasteiger partial charge < -0.3 is 15.0 Å². The van der Waals surface area contributed by atoms with E-state index < -0.39 is 0 Å². The summed E-state index contributed by atoms with van der Waals surface area (Å²) in [6, 6.07) is 7.02. The zero-order valence-electron chi connectivity index (χ0n) is 13.3. The van der Waals surface area contributed by atoms with E-state index in [-0.39, 0.29) is 18.4 Å². The van der Waals surface area contributed by atoms with Crippen molar-refractivity contribution in [1.29, 1.82) is 0 Å². The van der Waals surface area contributed by atoms with E-state index in [1.54, 1.807) is 29.2 Å². The topological polar surface area (TPSA) is 61.9 Å². The molecule has 0 aromatic heterocycles. The second-order valence-corrected chi connectivity index (χ2v) is 5.83. The fourth-order valence-electron chi connectivity index (χ4n) is 2.36. The average molecular weight is 340 g/mol. The molecule has 2 amide bonds. The molecule has 7 heteroatoms. The van der Waals surface area contributed by atoms with Crippen LogP contribution in [-0.4, -0.2) is 67.6 Å². The van der Waals surface area contributed by atoms with Crippen molar-refractivity contribution in [3.63, 3.8) is 0 Å². The summed E-state index contributed by atoms with van der Waals surface area (Å²) in [5.74, 6) is -0.372. The van der Waals surface area contributed by atoms with Gasteiger partial charge in [0, 0.05) is 33.1 Å². The van der Waals surface area contributed by atoms with Gasteiger partial charge in [0.2, 0.25) is 11.8 Å². The van der Waals surface area contributed by atoms with Gasteiger partial charge in [-0.25, -0.2) is 0 Å². The van der Waals surface area contributed by atoms with Crippen LogP contribution in [0.3, 0.4) is 0 Å². The molecule has 1 fully saturated rings. The highest BCUT2D eigenvalue weighted by Crippen LogP contribution is 2.20. The quantitative estimate of drug-likeness (QED) is 0.852. The molecule has 23 heavy (non-hydrogen) atoms. The number of hydrogen-bond acceptors (Lipinski definition) is 4. The van der Waals surface area contributed by atoms with Gasteiger partial charge in [-0.2, -0.15) is 0 Å². The summed E-state index contributed by atoms with van der Waals surface area (Å²) in [5.41, 5.74) is 0.552. The third kappa shape index (κ3) is 5.82. The highest BCUT2D eigenvalue weighted by molar-refractivity contribution is 6.33. The Balaban J connectivity index is 1.84. The molecule has 1 aliphatic heterocycles. The number of nitrogens with one attached hydrogen (secondary N) is 1. The Morgan fingerprint density at radius 3 is 2.65 bits per heavy atom. The highest BCUT2D eigenvalue weighted by atomic mass is 35.5. The van der Waals surface area contributed by atoms with Gasteiger partial charge in [-0.15, -0.1) is 0 Å². The molecule has 126 valence electrons. The van der Waals surface area contributed by atoms with Crippen LogP contribution in [0.4, 0.5) is 5.69 Å². The lowest BCUT2D eigenvalue weighted by Gasteiger charge is -2.29. The number of amides is 2. The molecule has 0 atom stereocenters. The van der Waals surface area contributed by atoms with Gasteiger partial charge in [-0.3, -0.25) is 14.5 Å². The molecule has 0 radical (unpaired) electrons. The molecular formula is C16H22ClN3O3. The molecule has 1 aliphatic rings. The Bertz CT molecular complexity index is 547. The van der Waals surface area contributed by atoms with E-state index in [9.17, 15) is 9.59 Å². The predicted molar refractivity (Wildman–Crippen MR) is 89.6 cm³/mol. The molecule has 1 heterocycles. The Hall–Kier alpha value is -1.63. The molecule has 0 spiro atoms. The van der Waals surface area contributed by atoms with Crippen LogP contribution in [0.25, 0.3) is 0 Å². The van der Waals surface area contributed by atoms with E-state index in [1.807, 2.05) is 0 Å². The van der Waals surface area contributed by atoms with Crippen LogP contribution in [0.2, 0.25) is 5.02 Å². The largest absolute Gasteiger partial charge is 0.379 e. The second kappa shape index (κ2) is 8.86. The number of rotatable bonds is 6. The first-order valence-electron chi connectivity index (χ1n) is 7.66. The van der Waals surface area contributed by atoms with Crippen molar-refractivity contribution in [2.24, 2.45) is 0 Å². The molecule has 1 aromatic rings. The molecule has 1 N–H and O–H groups in total. The second-order valence-electron chi connectivity index (χ2n) is 5.42. The number of morpholine rings is 1. The summed E-state index contributed by atoms with van der Waals surface area (Å²) >= 11 is 6.02. The fraction of sp³-hybridized carbons (Fsp3) is 0.500. The summed E-state index contributed by atoms with van der Waals surface area (Å²) in [7, 11) is 0. The average Bonchev–Trinajstić information content (AvgIpc) is 2.54. The van der Waals surface area contributed by atoms with Gasteiger partial charge in [0.25, 0.3) is 0 Å². The van der Waals surface area contributed by atoms with E-state index in [0.29, 0.717) is 30.5 Å². The molecule has 1 aromatic carbocycles. The van der Waals surface area contributed by atoms with Gasteiger partial charge in [0.05, 0.1) is 30.5 Å². The van der Waals surface area contributed by atoms with Crippen LogP contribution in [0.5, 0.6) is 0 Å². The lowest BCUT2D eigenvalue weighted by molar-refractivity contribution is -0.133. The Labute approximate surface area is 141 Å². The van der Waals surface area contributed by atoms with E-state index in [2.05, 4.69) is 10.2 Å². The van der Waals surface area contributed by atoms with Crippen molar-refractivity contribution < 1.29 is 14.3 Å². The smallest absolute Gasteiger partial charge is 0.244 e. The molecule has 6 nitrogen and oxygen atoms in total. The number of benzene rings is 1. The summed E-state index contributed by atoms with van der Waals surface area (Å²) in [4.78, 5) is 27.7. The van der Waals surface area contributed by atoms with E-state index in [1.165, 1.54) is 6.92 Å². The zero-order chi connectivity index (χ0) is 16.7. The maximum Gasteiger partial charge on any atom is 0.244 e. The highest BCUT2D eigenvalue weighted by Gasteiger charge is 2.17. The zero-order valence-corrected chi connectivity index (χ0v) is 14.0. The standard InChI is InChI=1S/C16H22ClN3O3/c1-13(21)20(7-6-19-8-10-23-11-9-19)12-16(22)18-15-5-3-2-4-14(15)17/h2-5H,6-12H2,1H3,(H,18,22). The Morgan fingerprint density at radius 1 is 1.30 bits per heavy atom. The van der Waals surface area contributed by atoms with Crippen molar-refractivity contribution in [2.45, 2.75) is 6.92 Å². The SMILES string of the molecule is CC(=O)N(CCN1CCOCC1)CC(=O)Nc1ccccc1Cl. The van der Waals surface area contributed by atoms with Gasteiger partial charge in [-0.1, -0.05) is 23.7 Å². The van der Waals surface area contributed by atoms with Gasteiger partial charge in [0.15, 0.2) is 0 Å². The molecule has 2 rings (SSSR count). The third-order valence-corrected chi connectivity index (χ3v) is 4.05. The monoisotopic (exact) mass is 339 g/mol. The molecule has 0 bridgehead atoms. The van der Waals surface area contributed by atoms with Crippen molar-refractivity contribution in [3.05, 3.63) is 29.3 Å². The van der Waals surface area contributed by atoms with Crippen LogP contribution >= 0.6 is 11.6 Å². The van der Waals surface area contributed by atoms with Crippen molar-refractivity contribution >= 4 is 29.1 Å². The summed E-state index contributed by atoms with van der Waals surface area (Å²) in [6.07, 6.45) is 0. The summed E-state index contributed by atoms with van der Waals surface area (Å²) in [5, 5.41) is 3.21. The lowest BCUT2D eigenvalue weighted by atomic mass is 10.3. The molecule has 1 saturated heterocycles. The van der Waals surface area contributed by atoms with E-state index in [0.717, 1.165) is 19.6 Å². The van der Waals surface area contributed by atoms with Crippen LogP contribution in [0.1, 0.15) is 6.92 Å². The molecule has 0 unspecified atom stereocenters. The lowest BCUT2D eigenvalue weighted by Crippen LogP contribution is -2.44. The van der Waals surface area contributed by atoms with Gasteiger partial charge in [-0.05, 0) is 12.1 Å². The molecule has 0 saturated carbocycles. The first-order valence-corrected chi connectivity index (χ1v) is 8.04. The maximum absolute atomic E-state index is 12.1. The molecule has 0 aliphatic carbocycles. The Morgan fingerprint density at radius 2 is 2.00 bits per heavy atom. The summed E-state index contributed by atoms with van der Waals surface area (Å²) in [6.45, 7) is 5.90. The van der Waals surface area contributed by atoms with E-state index >= 15 is 0 Å². The van der Waals surface area contributed by atoms with E-state index in [4.69, 9.17) is 16.3 Å². The van der Waals surface area contributed by atoms with Crippen LogP contribution < -0.4 is 5.32 Å². The van der Waals surface area contributed by atoms with Crippen molar-refractivity contribution in [1.82, 2.24) is 9.80 Å². The fourth-order valence-corrected chi connectivity index (χ4v) is 2.54. The molecular weight excluding hydrogens is 318 g/mol.